The molecule has 1 atom stereocenters. The van der Waals surface area contributed by atoms with Gasteiger partial charge in [0, 0.05) is 34.1 Å². The van der Waals surface area contributed by atoms with Crippen molar-refractivity contribution in [1.29, 1.82) is 0 Å². The second-order valence-electron chi connectivity index (χ2n) is 7.93. The highest BCUT2D eigenvalue weighted by Gasteiger charge is 2.23. The monoisotopic (exact) mass is 472 g/mol. The lowest BCUT2D eigenvalue weighted by Gasteiger charge is -2.17. The fourth-order valence-corrected chi connectivity index (χ4v) is 3.79. The first-order valence-electron chi connectivity index (χ1n) is 11.1. The molecule has 0 radical (unpaired) electrons. The Morgan fingerprint density at radius 2 is 1.76 bits per heavy atom. The largest absolute Gasteiger partial charge is 0.361 e. The molecule has 4 rings (SSSR count). The molecule has 1 aromatic heterocycles. The number of nitrogens with zero attached hydrogens (tertiary/aromatic N) is 1. The minimum absolute atomic E-state index is 0.301. The van der Waals surface area contributed by atoms with Gasteiger partial charge in [0.1, 0.15) is 6.04 Å². The van der Waals surface area contributed by atoms with Crippen LogP contribution in [-0.4, -0.2) is 29.1 Å². The fraction of sp³-hybridized carbons (Fsp3) is 0.148. The molecule has 0 aliphatic heterocycles. The summed E-state index contributed by atoms with van der Waals surface area (Å²) < 4.78 is 0. The van der Waals surface area contributed by atoms with Crippen LogP contribution in [0, 0.1) is 0 Å². The van der Waals surface area contributed by atoms with Crippen LogP contribution in [0.3, 0.4) is 0 Å². The third-order valence-electron chi connectivity index (χ3n) is 5.60. The summed E-state index contributed by atoms with van der Waals surface area (Å²) >= 11 is 5.93. The van der Waals surface area contributed by atoms with Gasteiger partial charge in [-0.15, -0.1) is 0 Å². The van der Waals surface area contributed by atoms with E-state index in [0.717, 1.165) is 28.5 Å². The van der Waals surface area contributed by atoms with E-state index >= 15 is 0 Å². The van der Waals surface area contributed by atoms with Crippen molar-refractivity contribution < 1.29 is 9.59 Å². The first-order chi connectivity index (χ1) is 16.5. The standard InChI is InChI=1S/C27H25ClN4O2/c1-2-18-7-9-19(10-8-18)16-30-32-27(34)25(31-26(33)20-11-13-22(28)14-12-20)15-21-17-29-24-6-4-3-5-23(21)24/h3-14,16-17,25,29H,2,15H2,1H3,(H,31,33)(H,32,34)/b30-16+. The maximum Gasteiger partial charge on any atom is 0.262 e. The van der Waals surface area contributed by atoms with Crippen LogP contribution in [0.15, 0.2) is 84.1 Å². The number of carbonyl (C=O) groups is 2. The number of H-pyrrole nitrogens is 1. The van der Waals surface area contributed by atoms with Gasteiger partial charge in [0.15, 0.2) is 0 Å². The van der Waals surface area contributed by atoms with E-state index in [-0.39, 0.29) is 5.91 Å². The van der Waals surface area contributed by atoms with E-state index in [1.54, 1.807) is 30.5 Å². The molecule has 172 valence electrons. The summed E-state index contributed by atoms with van der Waals surface area (Å²) in [5, 5.41) is 8.47. The van der Waals surface area contributed by atoms with Crippen LogP contribution >= 0.6 is 11.6 Å². The van der Waals surface area contributed by atoms with Gasteiger partial charge in [0.2, 0.25) is 0 Å². The number of halogens is 1. The molecular formula is C27H25ClN4O2. The highest BCUT2D eigenvalue weighted by atomic mass is 35.5. The minimum Gasteiger partial charge on any atom is -0.361 e. The topological polar surface area (TPSA) is 86.3 Å². The Bertz CT molecular complexity index is 1310. The third kappa shape index (κ3) is 5.71. The predicted octanol–water partition coefficient (Wildman–Crippen LogP) is 4.88. The number of para-hydroxylation sites is 1. The maximum absolute atomic E-state index is 13.0. The number of rotatable bonds is 8. The first kappa shape index (κ1) is 23.3. The molecule has 3 N–H and O–H groups in total. The molecule has 3 aromatic carbocycles. The quantitative estimate of drug-likeness (QED) is 0.252. The zero-order chi connectivity index (χ0) is 23.9. The van der Waals surface area contributed by atoms with E-state index < -0.39 is 11.9 Å². The molecular weight excluding hydrogens is 448 g/mol. The van der Waals surface area contributed by atoms with Crippen molar-refractivity contribution in [1.82, 2.24) is 15.7 Å². The van der Waals surface area contributed by atoms with Crippen molar-refractivity contribution in [2.75, 3.05) is 0 Å². The number of carbonyl (C=O) groups excluding carboxylic acids is 2. The van der Waals surface area contributed by atoms with Crippen molar-refractivity contribution in [3.63, 3.8) is 0 Å². The molecule has 0 aliphatic carbocycles. The normalized spacial score (nSPS) is 12.1. The summed E-state index contributed by atoms with van der Waals surface area (Å²) in [7, 11) is 0. The smallest absolute Gasteiger partial charge is 0.262 e. The molecule has 1 heterocycles. The molecule has 4 aromatic rings. The van der Waals surface area contributed by atoms with Gasteiger partial charge in [-0.1, -0.05) is 61.0 Å². The van der Waals surface area contributed by atoms with Gasteiger partial charge >= 0.3 is 0 Å². The summed E-state index contributed by atoms with van der Waals surface area (Å²) in [5.41, 5.74) is 6.98. The van der Waals surface area contributed by atoms with E-state index in [9.17, 15) is 9.59 Å². The van der Waals surface area contributed by atoms with Gasteiger partial charge in [-0.05, 0) is 53.4 Å². The summed E-state index contributed by atoms with van der Waals surface area (Å²) in [6.45, 7) is 2.09. The number of nitrogens with one attached hydrogen (secondary N) is 3. The first-order valence-corrected chi connectivity index (χ1v) is 11.4. The predicted molar refractivity (Wildman–Crippen MR) is 136 cm³/mol. The number of hydrazone groups is 1. The molecule has 1 unspecified atom stereocenters. The fourth-order valence-electron chi connectivity index (χ4n) is 3.66. The lowest BCUT2D eigenvalue weighted by molar-refractivity contribution is -0.122. The van der Waals surface area contributed by atoms with Crippen LogP contribution < -0.4 is 10.7 Å². The van der Waals surface area contributed by atoms with Gasteiger partial charge in [0.25, 0.3) is 11.8 Å². The zero-order valence-electron chi connectivity index (χ0n) is 18.7. The molecule has 0 fully saturated rings. The molecule has 0 aliphatic rings. The van der Waals surface area contributed by atoms with Gasteiger partial charge in [-0.2, -0.15) is 5.10 Å². The second-order valence-corrected chi connectivity index (χ2v) is 8.36. The van der Waals surface area contributed by atoms with Crippen molar-refractivity contribution in [2.24, 2.45) is 5.10 Å². The Morgan fingerprint density at radius 1 is 1.03 bits per heavy atom. The van der Waals surface area contributed by atoms with Gasteiger partial charge in [-0.3, -0.25) is 9.59 Å². The third-order valence-corrected chi connectivity index (χ3v) is 5.86. The lowest BCUT2D eigenvalue weighted by atomic mass is 10.0. The highest BCUT2D eigenvalue weighted by Crippen LogP contribution is 2.19. The van der Waals surface area contributed by atoms with E-state index in [4.69, 9.17) is 11.6 Å². The van der Waals surface area contributed by atoms with Crippen LogP contribution in [-0.2, 0) is 17.6 Å². The van der Waals surface area contributed by atoms with Crippen LogP contribution in [0.2, 0.25) is 5.02 Å². The highest BCUT2D eigenvalue weighted by molar-refractivity contribution is 6.30. The van der Waals surface area contributed by atoms with E-state index in [1.807, 2.05) is 54.7 Å². The molecule has 7 heteroatoms. The van der Waals surface area contributed by atoms with Crippen LogP contribution in [0.5, 0.6) is 0 Å². The van der Waals surface area contributed by atoms with Crippen molar-refractivity contribution >= 4 is 40.5 Å². The summed E-state index contributed by atoms with van der Waals surface area (Å²) in [4.78, 5) is 29.1. The minimum atomic E-state index is -0.831. The van der Waals surface area contributed by atoms with Crippen molar-refractivity contribution in [2.45, 2.75) is 25.8 Å². The van der Waals surface area contributed by atoms with E-state index in [2.05, 4.69) is 27.8 Å². The Morgan fingerprint density at radius 3 is 2.50 bits per heavy atom. The molecule has 0 bridgehead atoms. The number of benzene rings is 3. The SMILES string of the molecule is CCc1ccc(/C=N/NC(=O)C(Cc2c[nH]c3ccccc23)NC(=O)c2ccc(Cl)cc2)cc1. The van der Waals surface area contributed by atoms with Gasteiger partial charge in [-0.25, -0.2) is 5.43 Å². The average molecular weight is 473 g/mol. The number of fused-ring (bicyclic) bond motifs is 1. The van der Waals surface area contributed by atoms with Crippen LogP contribution in [0.4, 0.5) is 0 Å². The number of amides is 2. The summed E-state index contributed by atoms with van der Waals surface area (Å²) in [5.74, 6) is -0.773. The summed E-state index contributed by atoms with van der Waals surface area (Å²) in [6, 6.07) is 21.5. The maximum atomic E-state index is 13.0. The van der Waals surface area contributed by atoms with Crippen LogP contribution in [0.1, 0.15) is 34.0 Å². The molecule has 6 nitrogen and oxygen atoms in total. The zero-order valence-corrected chi connectivity index (χ0v) is 19.5. The number of aromatic amines is 1. The Labute approximate surface area is 203 Å². The van der Waals surface area contributed by atoms with Gasteiger partial charge < -0.3 is 10.3 Å². The Kier molecular flexibility index (Phi) is 7.40. The van der Waals surface area contributed by atoms with E-state index in [0.29, 0.717) is 17.0 Å². The number of aryl methyl sites for hydroxylation is 1. The molecule has 34 heavy (non-hydrogen) atoms. The van der Waals surface area contributed by atoms with Gasteiger partial charge in [0.05, 0.1) is 6.21 Å². The second kappa shape index (κ2) is 10.8. The number of hydrogen-bond donors (Lipinski definition) is 3. The average Bonchev–Trinajstić information content (AvgIpc) is 3.27. The summed E-state index contributed by atoms with van der Waals surface area (Å²) in [6.07, 6.45) is 4.70. The molecule has 0 spiro atoms. The lowest BCUT2D eigenvalue weighted by Crippen LogP contribution is -2.46. The van der Waals surface area contributed by atoms with Crippen molar-refractivity contribution in [3.05, 3.63) is 106 Å². The number of aromatic nitrogens is 1. The Balaban J connectivity index is 1.51. The Hall–Kier alpha value is -3.90. The van der Waals surface area contributed by atoms with Crippen molar-refractivity contribution in [3.8, 4) is 0 Å². The molecule has 2 amide bonds. The molecule has 0 saturated carbocycles. The van der Waals surface area contributed by atoms with Crippen LogP contribution in [0.25, 0.3) is 10.9 Å². The van der Waals surface area contributed by atoms with E-state index in [1.165, 1.54) is 5.56 Å². The molecule has 0 saturated heterocycles. The number of hydrogen-bond acceptors (Lipinski definition) is 3.